The van der Waals surface area contributed by atoms with Gasteiger partial charge in [-0.05, 0) is 38.9 Å². The Kier molecular flexibility index (Phi) is 6.78. The van der Waals surface area contributed by atoms with Gasteiger partial charge in [-0.2, -0.15) is 0 Å². The maximum Gasteiger partial charge on any atom is 0.269 e. The normalized spacial score (nSPS) is 14.4. The van der Waals surface area contributed by atoms with E-state index in [2.05, 4.69) is 38.2 Å². The molecule has 0 fully saturated rings. The number of rotatable bonds is 8. The fourth-order valence-corrected chi connectivity index (χ4v) is 2.36. The Labute approximate surface area is 127 Å². The summed E-state index contributed by atoms with van der Waals surface area (Å²) < 4.78 is 0. The number of nitrogens with one attached hydrogen (secondary N) is 1. The third-order valence-electron chi connectivity index (χ3n) is 3.71. The van der Waals surface area contributed by atoms with E-state index in [1.54, 1.807) is 12.1 Å². The summed E-state index contributed by atoms with van der Waals surface area (Å²) in [6, 6.07) is 7.40. The molecule has 0 aromatic heterocycles. The summed E-state index contributed by atoms with van der Waals surface area (Å²) in [6.07, 6.45) is 1.13. The van der Waals surface area contributed by atoms with E-state index in [9.17, 15) is 10.1 Å². The van der Waals surface area contributed by atoms with E-state index in [-0.39, 0.29) is 16.7 Å². The highest BCUT2D eigenvalue weighted by Gasteiger charge is 2.16. The van der Waals surface area contributed by atoms with Crippen LogP contribution in [0.5, 0.6) is 0 Å². The van der Waals surface area contributed by atoms with Crippen molar-refractivity contribution in [3.63, 3.8) is 0 Å². The molecule has 0 saturated heterocycles. The molecule has 0 radical (unpaired) electrons. The minimum Gasteiger partial charge on any atom is -0.309 e. The van der Waals surface area contributed by atoms with Crippen LogP contribution in [-0.4, -0.2) is 36.5 Å². The summed E-state index contributed by atoms with van der Waals surface area (Å²) in [5.74, 6) is 0.646. The summed E-state index contributed by atoms with van der Waals surface area (Å²) in [7, 11) is 4.18. The van der Waals surface area contributed by atoms with Crippen LogP contribution in [0.1, 0.15) is 38.8 Å². The van der Waals surface area contributed by atoms with Gasteiger partial charge in [-0.1, -0.05) is 26.0 Å². The van der Waals surface area contributed by atoms with Crippen LogP contribution in [0.25, 0.3) is 0 Å². The molecule has 0 aliphatic heterocycles. The van der Waals surface area contributed by atoms with E-state index >= 15 is 0 Å². The zero-order valence-corrected chi connectivity index (χ0v) is 13.7. The summed E-state index contributed by atoms with van der Waals surface area (Å²) in [5.41, 5.74) is 1.10. The highest BCUT2D eigenvalue weighted by molar-refractivity contribution is 5.35. The molecule has 118 valence electrons. The van der Waals surface area contributed by atoms with E-state index in [4.69, 9.17) is 0 Å². The molecule has 0 saturated carbocycles. The molecular formula is C16H27N3O2. The van der Waals surface area contributed by atoms with Crippen molar-refractivity contribution in [1.29, 1.82) is 0 Å². The average molecular weight is 293 g/mol. The van der Waals surface area contributed by atoms with E-state index in [0.717, 1.165) is 18.5 Å². The first-order valence-electron chi connectivity index (χ1n) is 7.45. The summed E-state index contributed by atoms with van der Waals surface area (Å²) in [6.45, 7) is 7.36. The van der Waals surface area contributed by atoms with Crippen molar-refractivity contribution >= 4 is 5.69 Å². The topological polar surface area (TPSA) is 58.4 Å². The van der Waals surface area contributed by atoms with Gasteiger partial charge in [0.2, 0.25) is 0 Å². The first-order valence-corrected chi connectivity index (χ1v) is 7.45. The number of benzene rings is 1. The predicted octanol–water partition coefficient (Wildman–Crippen LogP) is 3.22. The van der Waals surface area contributed by atoms with Gasteiger partial charge in [0.05, 0.1) is 4.92 Å². The second kappa shape index (κ2) is 8.10. The maximum absolute atomic E-state index is 10.8. The van der Waals surface area contributed by atoms with Gasteiger partial charge in [0.25, 0.3) is 5.69 Å². The van der Waals surface area contributed by atoms with Gasteiger partial charge in [-0.3, -0.25) is 10.1 Å². The van der Waals surface area contributed by atoms with Crippen LogP contribution >= 0.6 is 0 Å². The molecule has 2 unspecified atom stereocenters. The van der Waals surface area contributed by atoms with Crippen LogP contribution in [-0.2, 0) is 0 Å². The van der Waals surface area contributed by atoms with Crippen molar-refractivity contribution in [3.05, 3.63) is 39.9 Å². The zero-order valence-electron chi connectivity index (χ0n) is 13.7. The molecule has 21 heavy (non-hydrogen) atoms. The quantitative estimate of drug-likeness (QED) is 0.590. The van der Waals surface area contributed by atoms with Crippen LogP contribution in [0.4, 0.5) is 5.69 Å². The zero-order chi connectivity index (χ0) is 16.0. The molecule has 1 aromatic rings. The van der Waals surface area contributed by atoms with Gasteiger partial charge in [0.15, 0.2) is 0 Å². The van der Waals surface area contributed by atoms with Crippen molar-refractivity contribution in [1.82, 2.24) is 10.2 Å². The second-order valence-corrected chi connectivity index (χ2v) is 6.23. The van der Waals surface area contributed by atoms with Crippen LogP contribution < -0.4 is 5.32 Å². The monoisotopic (exact) mass is 293 g/mol. The van der Waals surface area contributed by atoms with Crippen LogP contribution in [0, 0.1) is 16.0 Å². The first kappa shape index (κ1) is 17.6. The molecule has 0 aliphatic carbocycles. The standard InChI is InChI=1S/C16H27N3O2/c1-12(2)9-16(18(4)5)11-17-13(3)14-7-6-8-15(10-14)19(20)21/h6-8,10,12-13,16-17H,9,11H2,1-5H3. The van der Waals surface area contributed by atoms with Crippen LogP contribution in [0.3, 0.4) is 0 Å². The van der Waals surface area contributed by atoms with Crippen LogP contribution in [0.15, 0.2) is 24.3 Å². The number of non-ortho nitro benzene ring substituents is 1. The molecule has 1 rings (SSSR count). The molecule has 0 heterocycles. The Hall–Kier alpha value is -1.46. The van der Waals surface area contributed by atoms with Crippen molar-refractivity contribution in [3.8, 4) is 0 Å². The second-order valence-electron chi connectivity index (χ2n) is 6.23. The summed E-state index contributed by atoms with van der Waals surface area (Å²) in [5, 5.41) is 14.3. The SMILES string of the molecule is CC(C)CC(CNC(C)c1cccc([N+](=O)[O-])c1)N(C)C. The Balaban J connectivity index is 2.65. The average Bonchev–Trinajstić information content (AvgIpc) is 2.42. The van der Waals surface area contributed by atoms with Gasteiger partial charge in [0, 0.05) is 30.8 Å². The molecule has 0 amide bonds. The minimum absolute atomic E-state index is 0.0968. The number of nitro groups is 1. The molecule has 1 aromatic carbocycles. The number of hydrogen-bond donors (Lipinski definition) is 1. The van der Waals surface area contributed by atoms with Gasteiger partial charge in [0.1, 0.15) is 0 Å². The number of nitro benzene ring substituents is 1. The molecule has 0 aliphatic rings. The maximum atomic E-state index is 10.8. The smallest absolute Gasteiger partial charge is 0.269 e. The fourth-order valence-electron chi connectivity index (χ4n) is 2.36. The fraction of sp³-hybridized carbons (Fsp3) is 0.625. The molecule has 2 atom stereocenters. The predicted molar refractivity (Wildman–Crippen MR) is 86.4 cm³/mol. The lowest BCUT2D eigenvalue weighted by molar-refractivity contribution is -0.384. The van der Waals surface area contributed by atoms with Crippen molar-refractivity contribution in [2.24, 2.45) is 5.92 Å². The van der Waals surface area contributed by atoms with E-state index in [0.29, 0.717) is 12.0 Å². The molecule has 0 spiro atoms. The minimum atomic E-state index is -0.350. The van der Waals surface area contributed by atoms with Gasteiger partial charge < -0.3 is 10.2 Å². The van der Waals surface area contributed by atoms with E-state index < -0.39 is 0 Å². The Morgan fingerprint density at radius 3 is 2.48 bits per heavy atom. The lowest BCUT2D eigenvalue weighted by atomic mass is 10.0. The Morgan fingerprint density at radius 2 is 1.95 bits per heavy atom. The third kappa shape index (κ3) is 5.81. The van der Waals surface area contributed by atoms with Crippen LogP contribution in [0.2, 0.25) is 0 Å². The Bertz CT molecular complexity index is 461. The number of likely N-dealkylation sites (N-methyl/N-ethyl adjacent to an activating group) is 1. The Morgan fingerprint density at radius 1 is 1.29 bits per heavy atom. The van der Waals surface area contributed by atoms with E-state index in [1.165, 1.54) is 6.07 Å². The molecule has 0 bridgehead atoms. The lowest BCUT2D eigenvalue weighted by Gasteiger charge is -2.28. The van der Waals surface area contributed by atoms with Crippen molar-refractivity contribution in [2.45, 2.75) is 39.3 Å². The van der Waals surface area contributed by atoms with Gasteiger partial charge in [-0.15, -0.1) is 0 Å². The van der Waals surface area contributed by atoms with Gasteiger partial charge in [-0.25, -0.2) is 0 Å². The molecule has 5 nitrogen and oxygen atoms in total. The first-order chi connectivity index (χ1) is 9.81. The number of nitrogens with zero attached hydrogens (tertiary/aromatic N) is 2. The molecule has 5 heteroatoms. The summed E-state index contributed by atoms with van der Waals surface area (Å²) >= 11 is 0. The largest absolute Gasteiger partial charge is 0.309 e. The highest BCUT2D eigenvalue weighted by atomic mass is 16.6. The highest BCUT2D eigenvalue weighted by Crippen LogP contribution is 2.19. The third-order valence-corrected chi connectivity index (χ3v) is 3.71. The lowest BCUT2D eigenvalue weighted by Crippen LogP contribution is -2.39. The van der Waals surface area contributed by atoms with E-state index in [1.807, 2.05) is 13.0 Å². The van der Waals surface area contributed by atoms with Crippen molar-refractivity contribution < 1.29 is 4.92 Å². The van der Waals surface area contributed by atoms with Gasteiger partial charge >= 0.3 is 0 Å². The molecule has 1 N–H and O–H groups in total. The number of hydrogen-bond acceptors (Lipinski definition) is 4. The summed E-state index contributed by atoms with van der Waals surface area (Å²) in [4.78, 5) is 12.7. The van der Waals surface area contributed by atoms with Crippen molar-refractivity contribution in [2.75, 3.05) is 20.6 Å². The molecular weight excluding hydrogens is 266 g/mol.